The quantitative estimate of drug-likeness (QED) is 0.400. The van der Waals surface area contributed by atoms with Crippen molar-refractivity contribution in [3.05, 3.63) is 34.9 Å². The number of carbonyl (C=O) groups excluding carboxylic acids is 1. The molecule has 0 amide bonds. The Morgan fingerprint density at radius 2 is 1.76 bits per heavy atom. The lowest BCUT2D eigenvalue weighted by Gasteiger charge is -2.59. The van der Waals surface area contributed by atoms with E-state index < -0.39 is 5.60 Å². The van der Waals surface area contributed by atoms with Gasteiger partial charge in [0, 0.05) is 16.9 Å². The van der Waals surface area contributed by atoms with Crippen LogP contribution >= 0.6 is 0 Å². The van der Waals surface area contributed by atoms with E-state index in [1.165, 1.54) is 11.1 Å². The van der Waals surface area contributed by atoms with E-state index in [2.05, 4.69) is 40.7 Å². The number of hydrogen-bond donors (Lipinski definition) is 2. The summed E-state index contributed by atoms with van der Waals surface area (Å²) < 4.78 is 6.51. The van der Waals surface area contributed by atoms with Crippen LogP contribution in [-0.4, -0.2) is 21.8 Å². The molecule has 178 valence electrons. The highest BCUT2D eigenvalue weighted by atomic mass is 16.6. The zero-order chi connectivity index (χ0) is 24.0. The molecule has 2 aliphatic carbocycles. The van der Waals surface area contributed by atoms with Crippen LogP contribution in [0, 0.1) is 36.0 Å². The molecule has 4 atom stereocenters. The van der Waals surface area contributed by atoms with E-state index in [1.54, 1.807) is 6.07 Å². The maximum atomic E-state index is 13.2. The smallest absolute Gasteiger partial charge is 0.312 e. The zero-order valence-corrected chi connectivity index (χ0v) is 21.0. The number of aromatic hydroxyl groups is 2. The SMILES string of the molecule is Cc1ccc2c(C)c(O)c(O)cc2c1CCC(C)(C)C12CCC3(C)CCC(C)(CC31)C(=O)O2. The Balaban J connectivity index is 1.51. The van der Waals surface area contributed by atoms with E-state index in [1.807, 2.05) is 13.0 Å². The molecule has 1 saturated heterocycles. The Bertz CT molecular complexity index is 1160. The summed E-state index contributed by atoms with van der Waals surface area (Å²) in [6.45, 7) is 13.1. The first-order chi connectivity index (χ1) is 15.3. The van der Waals surface area contributed by atoms with Crippen molar-refractivity contribution in [3.8, 4) is 11.5 Å². The highest BCUT2D eigenvalue weighted by Crippen LogP contribution is 2.69. The van der Waals surface area contributed by atoms with Gasteiger partial charge in [-0.3, -0.25) is 4.79 Å². The molecule has 4 unspecified atom stereocenters. The summed E-state index contributed by atoms with van der Waals surface area (Å²) in [5, 5.41) is 22.5. The monoisotopic (exact) mass is 450 g/mol. The van der Waals surface area contributed by atoms with Gasteiger partial charge in [-0.15, -0.1) is 0 Å². The van der Waals surface area contributed by atoms with Gasteiger partial charge in [0.15, 0.2) is 11.5 Å². The summed E-state index contributed by atoms with van der Waals surface area (Å²) in [5.41, 5.74) is 2.44. The van der Waals surface area contributed by atoms with Crippen LogP contribution in [0.3, 0.4) is 0 Å². The molecule has 33 heavy (non-hydrogen) atoms. The van der Waals surface area contributed by atoms with E-state index in [0.717, 1.165) is 55.7 Å². The fourth-order valence-electron chi connectivity index (χ4n) is 7.52. The predicted octanol–water partition coefficient (Wildman–Crippen LogP) is 6.73. The number of phenols is 2. The molecule has 4 heteroatoms. The van der Waals surface area contributed by atoms with Gasteiger partial charge in [0.25, 0.3) is 0 Å². The second kappa shape index (κ2) is 6.90. The fourth-order valence-corrected chi connectivity index (χ4v) is 7.52. The Labute approximate surface area is 197 Å². The summed E-state index contributed by atoms with van der Waals surface area (Å²) in [6, 6.07) is 5.83. The first-order valence-electron chi connectivity index (χ1n) is 12.5. The molecule has 2 bridgehead atoms. The molecule has 1 aliphatic heterocycles. The van der Waals surface area contributed by atoms with Crippen molar-refractivity contribution >= 4 is 16.7 Å². The van der Waals surface area contributed by atoms with E-state index in [4.69, 9.17) is 4.74 Å². The van der Waals surface area contributed by atoms with Gasteiger partial charge in [0.1, 0.15) is 5.60 Å². The Hall–Kier alpha value is -2.23. The maximum absolute atomic E-state index is 13.2. The maximum Gasteiger partial charge on any atom is 0.312 e. The Morgan fingerprint density at radius 1 is 1.06 bits per heavy atom. The molecule has 5 rings (SSSR count). The van der Waals surface area contributed by atoms with E-state index in [-0.39, 0.29) is 33.7 Å². The molecule has 4 nitrogen and oxygen atoms in total. The fraction of sp³-hybridized carbons (Fsp3) is 0.621. The minimum absolute atomic E-state index is 0.00754. The van der Waals surface area contributed by atoms with Crippen LogP contribution in [0.25, 0.3) is 10.8 Å². The van der Waals surface area contributed by atoms with Crippen LogP contribution in [-0.2, 0) is 16.0 Å². The molecule has 2 saturated carbocycles. The number of esters is 1. The molecular formula is C29H38O4. The summed E-state index contributed by atoms with van der Waals surface area (Å²) in [7, 11) is 0. The largest absolute Gasteiger partial charge is 0.504 e. The van der Waals surface area contributed by atoms with Crippen LogP contribution in [0.4, 0.5) is 0 Å². The topological polar surface area (TPSA) is 66.8 Å². The van der Waals surface area contributed by atoms with Gasteiger partial charge in [-0.05, 0) is 99.1 Å². The minimum Gasteiger partial charge on any atom is -0.504 e. The number of benzene rings is 2. The number of rotatable bonds is 4. The summed E-state index contributed by atoms with van der Waals surface area (Å²) in [6.07, 6.45) is 6.82. The van der Waals surface area contributed by atoms with Gasteiger partial charge in [-0.1, -0.05) is 32.9 Å². The first-order valence-corrected chi connectivity index (χ1v) is 12.5. The number of phenolic OH excluding ortho intramolecular Hbond substituents is 2. The number of ether oxygens (including phenoxy) is 1. The van der Waals surface area contributed by atoms with Crippen LogP contribution in [0.5, 0.6) is 11.5 Å². The molecular weight excluding hydrogens is 412 g/mol. The molecule has 2 aromatic rings. The van der Waals surface area contributed by atoms with E-state index in [9.17, 15) is 15.0 Å². The number of fused-ring (bicyclic) bond motifs is 2. The van der Waals surface area contributed by atoms with Crippen LogP contribution < -0.4 is 0 Å². The summed E-state index contributed by atoms with van der Waals surface area (Å²) in [5.74, 6) is 0.302. The lowest BCUT2D eigenvalue weighted by atomic mass is 9.52. The molecule has 0 spiro atoms. The van der Waals surface area contributed by atoms with Crippen molar-refractivity contribution in [2.45, 2.75) is 92.1 Å². The standard InChI is InChI=1S/C29H38O4/c1-17-7-8-20-18(2)24(31)22(30)15-21(20)19(17)9-10-26(3,4)29-14-13-27(5)11-12-28(6,16-23(27)29)25(32)33-29/h7-8,15,23,30-31H,9-14,16H2,1-6H3. The van der Waals surface area contributed by atoms with Gasteiger partial charge in [-0.2, -0.15) is 0 Å². The van der Waals surface area contributed by atoms with Gasteiger partial charge in [-0.25, -0.2) is 0 Å². The van der Waals surface area contributed by atoms with Crippen LogP contribution in [0.15, 0.2) is 18.2 Å². The normalized spacial score (nSPS) is 33.4. The number of carbonyl (C=O) groups is 1. The van der Waals surface area contributed by atoms with Crippen LogP contribution in [0.2, 0.25) is 0 Å². The first kappa shape index (κ1) is 22.6. The lowest BCUT2D eigenvalue weighted by molar-refractivity contribution is -0.230. The van der Waals surface area contributed by atoms with Crippen molar-refractivity contribution in [1.82, 2.24) is 0 Å². The highest BCUT2D eigenvalue weighted by Gasteiger charge is 2.69. The summed E-state index contributed by atoms with van der Waals surface area (Å²) >= 11 is 0. The van der Waals surface area contributed by atoms with Crippen molar-refractivity contribution in [2.75, 3.05) is 0 Å². The van der Waals surface area contributed by atoms with Gasteiger partial charge >= 0.3 is 5.97 Å². The molecule has 3 aliphatic rings. The van der Waals surface area contributed by atoms with Gasteiger partial charge in [0.05, 0.1) is 5.41 Å². The highest BCUT2D eigenvalue weighted by molar-refractivity contribution is 5.93. The molecule has 2 aromatic carbocycles. The Kier molecular flexibility index (Phi) is 4.71. The molecule has 1 heterocycles. The van der Waals surface area contributed by atoms with E-state index in [0.29, 0.717) is 11.5 Å². The van der Waals surface area contributed by atoms with Crippen molar-refractivity contribution in [1.29, 1.82) is 0 Å². The Morgan fingerprint density at radius 3 is 2.48 bits per heavy atom. The predicted molar refractivity (Wildman–Crippen MR) is 130 cm³/mol. The molecule has 2 N–H and O–H groups in total. The number of aryl methyl sites for hydroxylation is 3. The van der Waals surface area contributed by atoms with Crippen molar-refractivity contribution in [2.24, 2.45) is 22.2 Å². The van der Waals surface area contributed by atoms with Crippen molar-refractivity contribution < 1.29 is 19.7 Å². The second-order valence-corrected chi connectivity index (χ2v) is 12.5. The molecule has 0 radical (unpaired) electrons. The second-order valence-electron chi connectivity index (χ2n) is 12.5. The average molecular weight is 451 g/mol. The molecule has 3 fully saturated rings. The summed E-state index contributed by atoms with van der Waals surface area (Å²) in [4.78, 5) is 13.2. The number of hydrogen-bond acceptors (Lipinski definition) is 4. The van der Waals surface area contributed by atoms with Gasteiger partial charge < -0.3 is 14.9 Å². The van der Waals surface area contributed by atoms with Crippen LogP contribution in [0.1, 0.15) is 82.9 Å². The molecule has 0 aromatic heterocycles. The lowest BCUT2D eigenvalue weighted by Crippen LogP contribution is -2.62. The average Bonchev–Trinajstić information content (AvgIpc) is 3.07. The third-order valence-electron chi connectivity index (χ3n) is 10.2. The van der Waals surface area contributed by atoms with E-state index >= 15 is 0 Å². The van der Waals surface area contributed by atoms with Crippen molar-refractivity contribution in [3.63, 3.8) is 0 Å². The minimum atomic E-state index is -0.409. The zero-order valence-electron chi connectivity index (χ0n) is 21.0. The third kappa shape index (κ3) is 2.98. The third-order valence-corrected chi connectivity index (χ3v) is 10.2. The van der Waals surface area contributed by atoms with Gasteiger partial charge in [0.2, 0.25) is 0 Å².